The van der Waals surface area contributed by atoms with E-state index in [2.05, 4.69) is 10.6 Å². The number of carbonyl (C=O) groups excluding carboxylic acids is 3. The van der Waals surface area contributed by atoms with Gasteiger partial charge in [-0.05, 0) is 57.0 Å². The van der Waals surface area contributed by atoms with Crippen molar-refractivity contribution in [2.24, 2.45) is 5.92 Å². The van der Waals surface area contributed by atoms with Crippen molar-refractivity contribution < 1.29 is 19.1 Å². The van der Waals surface area contributed by atoms with E-state index >= 15 is 0 Å². The van der Waals surface area contributed by atoms with Crippen LogP contribution in [0, 0.1) is 19.8 Å². The van der Waals surface area contributed by atoms with Gasteiger partial charge in [0.1, 0.15) is 5.75 Å². The van der Waals surface area contributed by atoms with E-state index in [-0.39, 0.29) is 23.6 Å². The summed E-state index contributed by atoms with van der Waals surface area (Å²) in [6.45, 7) is 6.37. The number of carbonyl (C=O) groups is 3. The Morgan fingerprint density at radius 1 is 1.03 bits per heavy atom. The summed E-state index contributed by atoms with van der Waals surface area (Å²) in [5, 5.41) is 5.61. The highest BCUT2D eigenvalue weighted by Crippen LogP contribution is 2.29. The molecule has 1 unspecified atom stereocenters. The first-order chi connectivity index (χ1) is 14.8. The second-order valence-corrected chi connectivity index (χ2v) is 8.05. The molecule has 1 aliphatic rings. The number of methoxy groups -OCH3 is 1. The number of benzene rings is 2. The molecule has 1 fully saturated rings. The molecule has 1 aliphatic heterocycles. The van der Waals surface area contributed by atoms with Gasteiger partial charge in [0.25, 0.3) is 5.91 Å². The summed E-state index contributed by atoms with van der Waals surface area (Å²) < 4.78 is 5.34. The van der Waals surface area contributed by atoms with Gasteiger partial charge in [0, 0.05) is 31.3 Å². The normalized spacial score (nSPS) is 15.9. The zero-order valence-corrected chi connectivity index (χ0v) is 18.5. The predicted octanol–water partition coefficient (Wildman–Crippen LogP) is 3.76. The molecule has 2 aromatic rings. The summed E-state index contributed by atoms with van der Waals surface area (Å²) in [5.41, 5.74) is 3.79. The van der Waals surface area contributed by atoms with E-state index in [4.69, 9.17) is 4.74 Å². The number of hydrogen-bond donors (Lipinski definition) is 2. The second kappa shape index (κ2) is 9.64. The summed E-state index contributed by atoms with van der Waals surface area (Å²) in [5.74, 6) is -0.236. The molecule has 0 spiro atoms. The van der Waals surface area contributed by atoms with Crippen molar-refractivity contribution in [2.75, 3.05) is 30.8 Å². The fourth-order valence-electron chi connectivity index (χ4n) is 3.98. The van der Waals surface area contributed by atoms with Crippen LogP contribution in [0.2, 0.25) is 0 Å². The minimum atomic E-state index is -0.322. The zero-order chi connectivity index (χ0) is 22.5. The average molecular weight is 424 g/mol. The lowest BCUT2D eigenvalue weighted by Crippen LogP contribution is -2.43. The van der Waals surface area contributed by atoms with E-state index in [1.54, 1.807) is 23.1 Å². The Labute approximate surface area is 182 Å². The van der Waals surface area contributed by atoms with E-state index < -0.39 is 0 Å². The molecule has 1 atom stereocenters. The minimum absolute atomic E-state index is 0.0467. The fourth-order valence-corrected chi connectivity index (χ4v) is 3.98. The van der Waals surface area contributed by atoms with Gasteiger partial charge in [-0.15, -0.1) is 0 Å². The number of amides is 3. The third-order valence-corrected chi connectivity index (χ3v) is 5.33. The summed E-state index contributed by atoms with van der Waals surface area (Å²) in [6.07, 6.45) is 1.47. The maximum Gasteiger partial charge on any atom is 0.253 e. The Morgan fingerprint density at radius 3 is 2.39 bits per heavy atom. The first kappa shape index (κ1) is 22.3. The number of anilines is 2. The Bertz CT molecular complexity index is 982. The first-order valence-corrected chi connectivity index (χ1v) is 10.4. The monoisotopic (exact) mass is 423 g/mol. The van der Waals surface area contributed by atoms with Gasteiger partial charge in [-0.3, -0.25) is 14.4 Å². The lowest BCUT2D eigenvalue weighted by atomic mass is 9.96. The van der Waals surface area contributed by atoms with E-state index in [1.807, 2.05) is 32.0 Å². The smallest absolute Gasteiger partial charge is 0.253 e. The van der Waals surface area contributed by atoms with Crippen LogP contribution in [0.25, 0.3) is 0 Å². The summed E-state index contributed by atoms with van der Waals surface area (Å²) in [4.78, 5) is 39.1. The van der Waals surface area contributed by atoms with Crippen LogP contribution in [-0.4, -0.2) is 42.8 Å². The number of ether oxygens (including phenoxy) is 1. The summed E-state index contributed by atoms with van der Waals surface area (Å²) >= 11 is 0. The maximum atomic E-state index is 13.0. The van der Waals surface area contributed by atoms with Gasteiger partial charge in [-0.2, -0.15) is 0 Å². The first-order valence-electron chi connectivity index (χ1n) is 10.4. The molecular formula is C24H29N3O4. The number of rotatable bonds is 5. The van der Waals surface area contributed by atoms with E-state index in [0.717, 1.165) is 17.5 Å². The summed E-state index contributed by atoms with van der Waals surface area (Å²) in [7, 11) is 1.52. The molecule has 0 radical (unpaired) electrons. The number of aryl methyl sites for hydroxylation is 2. The molecular weight excluding hydrogens is 394 g/mol. The highest BCUT2D eigenvalue weighted by atomic mass is 16.5. The van der Waals surface area contributed by atoms with Crippen molar-refractivity contribution >= 4 is 29.1 Å². The standard InChI is InChI=1S/C24H29N3O4/c1-15-10-16(2)12-19(11-15)24(30)27-9-5-6-18(14-27)23(29)26-21-13-20(25-17(3)28)7-8-22(21)31-4/h7-8,10-13,18H,5-6,9,14H2,1-4H3,(H,25,28)(H,26,29). The highest BCUT2D eigenvalue weighted by molar-refractivity contribution is 5.98. The molecule has 1 heterocycles. The van der Waals surface area contributed by atoms with Gasteiger partial charge in [0.05, 0.1) is 18.7 Å². The Balaban J connectivity index is 1.72. The second-order valence-electron chi connectivity index (χ2n) is 8.05. The molecule has 0 aromatic heterocycles. The van der Waals surface area contributed by atoms with Crippen LogP contribution >= 0.6 is 0 Å². The molecule has 0 aliphatic carbocycles. The van der Waals surface area contributed by atoms with Crippen LogP contribution in [0.3, 0.4) is 0 Å². The van der Waals surface area contributed by atoms with Crippen molar-refractivity contribution in [1.29, 1.82) is 0 Å². The predicted molar refractivity (Wildman–Crippen MR) is 120 cm³/mol. The van der Waals surface area contributed by atoms with Crippen LogP contribution in [0.15, 0.2) is 36.4 Å². The van der Waals surface area contributed by atoms with Crippen LogP contribution in [0.4, 0.5) is 11.4 Å². The lowest BCUT2D eigenvalue weighted by Gasteiger charge is -2.32. The average Bonchev–Trinajstić information content (AvgIpc) is 2.72. The van der Waals surface area contributed by atoms with Gasteiger partial charge < -0.3 is 20.3 Å². The molecule has 3 amide bonds. The topological polar surface area (TPSA) is 87.7 Å². The fraction of sp³-hybridized carbons (Fsp3) is 0.375. The highest BCUT2D eigenvalue weighted by Gasteiger charge is 2.29. The van der Waals surface area contributed by atoms with E-state index in [0.29, 0.717) is 42.2 Å². The molecule has 0 saturated carbocycles. The van der Waals surface area contributed by atoms with Crippen LogP contribution in [0.1, 0.15) is 41.3 Å². The van der Waals surface area contributed by atoms with Gasteiger partial charge >= 0.3 is 0 Å². The Morgan fingerprint density at radius 2 is 1.74 bits per heavy atom. The Kier molecular flexibility index (Phi) is 6.95. The third kappa shape index (κ3) is 5.63. The maximum absolute atomic E-state index is 13.0. The number of piperidine rings is 1. The largest absolute Gasteiger partial charge is 0.495 e. The lowest BCUT2D eigenvalue weighted by molar-refractivity contribution is -0.121. The van der Waals surface area contributed by atoms with Crippen LogP contribution < -0.4 is 15.4 Å². The molecule has 7 heteroatoms. The van der Waals surface area contributed by atoms with E-state index in [9.17, 15) is 14.4 Å². The molecule has 2 aromatic carbocycles. The van der Waals surface area contributed by atoms with Gasteiger partial charge in [0.2, 0.25) is 11.8 Å². The van der Waals surface area contributed by atoms with Crippen molar-refractivity contribution in [3.05, 3.63) is 53.1 Å². The number of hydrogen-bond acceptors (Lipinski definition) is 4. The molecule has 3 rings (SSSR count). The molecule has 0 bridgehead atoms. The van der Waals surface area contributed by atoms with Gasteiger partial charge in [-0.1, -0.05) is 17.2 Å². The molecule has 1 saturated heterocycles. The number of nitrogens with one attached hydrogen (secondary N) is 2. The number of nitrogens with zero attached hydrogens (tertiary/aromatic N) is 1. The van der Waals surface area contributed by atoms with Crippen molar-refractivity contribution in [1.82, 2.24) is 4.90 Å². The van der Waals surface area contributed by atoms with Crippen LogP contribution in [-0.2, 0) is 9.59 Å². The molecule has 31 heavy (non-hydrogen) atoms. The Hall–Kier alpha value is -3.35. The van der Waals surface area contributed by atoms with Crippen LogP contribution in [0.5, 0.6) is 5.75 Å². The van der Waals surface area contributed by atoms with Gasteiger partial charge in [0.15, 0.2) is 0 Å². The van der Waals surface area contributed by atoms with Gasteiger partial charge in [-0.25, -0.2) is 0 Å². The minimum Gasteiger partial charge on any atom is -0.495 e. The summed E-state index contributed by atoms with van der Waals surface area (Å²) in [6, 6.07) is 10.9. The van der Waals surface area contributed by atoms with E-state index in [1.165, 1.54) is 14.0 Å². The van der Waals surface area contributed by atoms with Crippen molar-refractivity contribution in [3.8, 4) is 5.75 Å². The number of likely N-dealkylation sites (tertiary alicyclic amines) is 1. The van der Waals surface area contributed by atoms with Crippen molar-refractivity contribution in [2.45, 2.75) is 33.6 Å². The molecule has 164 valence electrons. The molecule has 7 nitrogen and oxygen atoms in total. The van der Waals surface area contributed by atoms with Crippen molar-refractivity contribution in [3.63, 3.8) is 0 Å². The SMILES string of the molecule is COc1ccc(NC(C)=O)cc1NC(=O)C1CCCN(C(=O)c2cc(C)cc(C)c2)C1. The third-order valence-electron chi connectivity index (χ3n) is 5.33. The molecule has 2 N–H and O–H groups in total. The quantitative estimate of drug-likeness (QED) is 0.767. The zero-order valence-electron chi connectivity index (χ0n) is 18.5.